The molecular formula is C8H11F2N3. The summed E-state index contributed by atoms with van der Waals surface area (Å²) in [5.74, 6) is -2.06. The number of hydrogen-bond donors (Lipinski definition) is 1. The van der Waals surface area contributed by atoms with Gasteiger partial charge in [-0.25, -0.2) is 18.7 Å². The van der Waals surface area contributed by atoms with Gasteiger partial charge in [-0.05, 0) is 13.0 Å². The summed E-state index contributed by atoms with van der Waals surface area (Å²) < 4.78 is 24.7. The first-order chi connectivity index (χ1) is 6.08. The molecule has 0 fully saturated rings. The van der Waals surface area contributed by atoms with Crippen LogP contribution in [0.2, 0.25) is 0 Å². The first-order valence-electron chi connectivity index (χ1n) is 3.96. The molecule has 0 saturated heterocycles. The van der Waals surface area contributed by atoms with E-state index in [2.05, 4.69) is 15.3 Å². The van der Waals surface area contributed by atoms with Gasteiger partial charge in [0, 0.05) is 19.2 Å². The second-order valence-corrected chi connectivity index (χ2v) is 2.84. The maximum atomic E-state index is 12.4. The summed E-state index contributed by atoms with van der Waals surface area (Å²) in [6, 6.07) is 1.63. The largest absolute Gasteiger partial charge is 0.370 e. The highest BCUT2D eigenvalue weighted by atomic mass is 19.3. The lowest BCUT2D eigenvalue weighted by molar-refractivity contribution is 0.0167. The zero-order valence-electron chi connectivity index (χ0n) is 7.30. The molecule has 0 atom stereocenters. The molecule has 0 unspecified atom stereocenters. The van der Waals surface area contributed by atoms with E-state index in [0.717, 1.165) is 6.92 Å². The van der Waals surface area contributed by atoms with Crippen molar-refractivity contribution in [1.29, 1.82) is 0 Å². The Morgan fingerprint density at radius 3 is 2.85 bits per heavy atom. The molecule has 0 bridgehead atoms. The highest BCUT2D eigenvalue weighted by Gasteiger charge is 2.19. The fourth-order valence-corrected chi connectivity index (χ4v) is 0.805. The van der Waals surface area contributed by atoms with Gasteiger partial charge in [0.1, 0.15) is 12.1 Å². The molecule has 1 heterocycles. The maximum Gasteiger partial charge on any atom is 0.247 e. The number of anilines is 1. The predicted molar refractivity (Wildman–Crippen MR) is 45.8 cm³/mol. The summed E-state index contributed by atoms with van der Waals surface area (Å²) in [7, 11) is 0. The van der Waals surface area contributed by atoms with Gasteiger partial charge < -0.3 is 5.32 Å². The fraction of sp³-hybridized carbons (Fsp3) is 0.500. The lowest BCUT2D eigenvalue weighted by atomic mass is 10.3. The SMILES string of the molecule is CC(F)(F)CCNc1ccncn1. The van der Waals surface area contributed by atoms with Crippen molar-refractivity contribution >= 4 is 5.82 Å². The van der Waals surface area contributed by atoms with E-state index in [1.54, 1.807) is 12.3 Å². The molecule has 1 aromatic rings. The number of rotatable bonds is 4. The number of alkyl halides is 2. The van der Waals surface area contributed by atoms with Gasteiger partial charge in [-0.3, -0.25) is 0 Å². The van der Waals surface area contributed by atoms with Gasteiger partial charge in [-0.2, -0.15) is 0 Å². The van der Waals surface area contributed by atoms with Gasteiger partial charge >= 0.3 is 0 Å². The Morgan fingerprint density at radius 2 is 2.31 bits per heavy atom. The molecule has 13 heavy (non-hydrogen) atoms. The van der Waals surface area contributed by atoms with Crippen LogP contribution >= 0.6 is 0 Å². The van der Waals surface area contributed by atoms with Crippen molar-refractivity contribution in [1.82, 2.24) is 9.97 Å². The van der Waals surface area contributed by atoms with E-state index < -0.39 is 5.92 Å². The zero-order valence-corrected chi connectivity index (χ0v) is 7.30. The Balaban J connectivity index is 2.29. The lowest BCUT2D eigenvalue weighted by Crippen LogP contribution is -2.16. The smallest absolute Gasteiger partial charge is 0.247 e. The molecule has 1 rings (SSSR count). The van der Waals surface area contributed by atoms with Gasteiger partial charge in [0.05, 0.1) is 0 Å². The van der Waals surface area contributed by atoms with Gasteiger partial charge in [0.2, 0.25) is 5.92 Å². The second-order valence-electron chi connectivity index (χ2n) is 2.84. The summed E-state index contributed by atoms with van der Waals surface area (Å²) >= 11 is 0. The van der Waals surface area contributed by atoms with Crippen LogP contribution in [0.3, 0.4) is 0 Å². The van der Waals surface area contributed by atoms with Crippen LogP contribution in [0.1, 0.15) is 13.3 Å². The van der Waals surface area contributed by atoms with E-state index >= 15 is 0 Å². The average molecular weight is 187 g/mol. The van der Waals surface area contributed by atoms with Crippen molar-refractivity contribution in [3.05, 3.63) is 18.6 Å². The molecule has 1 aromatic heterocycles. The molecule has 1 N–H and O–H groups in total. The monoisotopic (exact) mass is 187 g/mol. The molecule has 0 saturated carbocycles. The van der Waals surface area contributed by atoms with Crippen LogP contribution < -0.4 is 5.32 Å². The van der Waals surface area contributed by atoms with Crippen molar-refractivity contribution in [2.24, 2.45) is 0 Å². The van der Waals surface area contributed by atoms with E-state index in [4.69, 9.17) is 0 Å². The second kappa shape index (κ2) is 4.11. The van der Waals surface area contributed by atoms with Gasteiger partial charge in [0.25, 0.3) is 0 Å². The van der Waals surface area contributed by atoms with Gasteiger partial charge in [-0.1, -0.05) is 0 Å². The fourth-order valence-electron chi connectivity index (χ4n) is 0.805. The zero-order chi connectivity index (χ0) is 9.73. The van der Waals surface area contributed by atoms with Crippen LogP contribution in [0.4, 0.5) is 14.6 Å². The van der Waals surface area contributed by atoms with Crippen molar-refractivity contribution in [2.45, 2.75) is 19.3 Å². The first-order valence-corrected chi connectivity index (χ1v) is 3.96. The molecule has 72 valence electrons. The van der Waals surface area contributed by atoms with Gasteiger partial charge in [-0.15, -0.1) is 0 Å². The highest BCUT2D eigenvalue weighted by Crippen LogP contribution is 2.16. The summed E-state index contributed by atoms with van der Waals surface area (Å²) in [6.45, 7) is 1.11. The lowest BCUT2D eigenvalue weighted by Gasteiger charge is -2.10. The van der Waals surface area contributed by atoms with Crippen LogP contribution in [0, 0.1) is 0 Å². The Kier molecular flexibility index (Phi) is 3.11. The first kappa shape index (κ1) is 9.83. The van der Waals surface area contributed by atoms with Crippen molar-refractivity contribution < 1.29 is 8.78 Å². The van der Waals surface area contributed by atoms with Crippen LogP contribution in [-0.2, 0) is 0 Å². The molecule has 0 aromatic carbocycles. The van der Waals surface area contributed by atoms with Crippen LogP contribution in [0.5, 0.6) is 0 Å². The van der Waals surface area contributed by atoms with E-state index in [1.165, 1.54) is 6.33 Å². The van der Waals surface area contributed by atoms with Crippen molar-refractivity contribution in [3.8, 4) is 0 Å². The number of halogens is 2. The molecule has 0 radical (unpaired) electrons. The normalized spacial score (nSPS) is 11.3. The number of nitrogens with one attached hydrogen (secondary N) is 1. The Morgan fingerprint density at radius 1 is 1.54 bits per heavy atom. The number of hydrogen-bond acceptors (Lipinski definition) is 3. The molecule has 5 heteroatoms. The van der Waals surface area contributed by atoms with E-state index in [-0.39, 0.29) is 13.0 Å². The third kappa shape index (κ3) is 4.35. The van der Waals surface area contributed by atoms with Crippen LogP contribution in [0.25, 0.3) is 0 Å². The van der Waals surface area contributed by atoms with E-state index in [0.29, 0.717) is 5.82 Å². The summed E-state index contributed by atoms with van der Waals surface area (Å²) in [5.41, 5.74) is 0. The molecule has 0 aliphatic heterocycles. The number of nitrogens with zero attached hydrogens (tertiary/aromatic N) is 2. The molecule has 0 aliphatic carbocycles. The Labute approximate surface area is 75.2 Å². The van der Waals surface area contributed by atoms with Crippen molar-refractivity contribution in [2.75, 3.05) is 11.9 Å². The topological polar surface area (TPSA) is 37.8 Å². The van der Waals surface area contributed by atoms with E-state index in [1.807, 2.05) is 0 Å². The third-order valence-corrected chi connectivity index (χ3v) is 1.45. The van der Waals surface area contributed by atoms with Gasteiger partial charge in [0.15, 0.2) is 0 Å². The molecule has 0 aliphatic rings. The summed E-state index contributed by atoms with van der Waals surface area (Å²) in [5, 5.41) is 2.77. The maximum absolute atomic E-state index is 12.4. The predicted octanol–water partition coefficient (Wildman–Crippen LogP) is 1.93. The minimum absolute atomic E-state index is 0.197. The van der Waals surface area contributed by atoms with E-state index in [9.17, 15) is 8.78 Å². The summed E-state index contributed by atoms with van der Waals surface area (Å²) in [6.07, 6.45) is 2.73. The Bertz CT molecular complexity index is 245. The Hall–Kier alpha value is -1.26. The average Bonchev–Trinajstić information content (AvgIpc) is 2.04. The molecule has 0 amide bonds. The standard InChI is InChI=1S/C8H11F2N3/c1-8(9,10)3-5-12-7-2-4-11-6-13-7/h2,4,6H,3,5H2,1H3,(H,11,12,13). The quantitative estimate of drug-likeness (QED) is 0.782. The van der Waals surface area contributed by atoms with Crippen LogP contribution in [0.15, 0.2) is 18.6 Å². The van der Waals surface area contributed by atoms with Crippen LogP contribution in [-0.4, -0.2) is 22.4 Å². The highest BCUT2D eigenvalue weighted by molar-refractivity contribution is 5.31. The van der Waals surface area contributed by atoms with Crippen molar-refractivity contribution in [3.63, 3.8) is 0 Å². The minimum atomic E-state index is -2.62. The third-order valence-electron chi connectivity index (χ3n) is 1.45. The summed E-state index contributed by atoms with van der Waals surface area (Å²) in [4.78, 5) is 7.53. The number of aromatic nitrogens is 2. The molecule has 3 nitrogen and oxygen atoms in total. The minimum Gasteiger partial charge on any atom is -0.370 e. The molecular weight excluding hydrogens is 176 g/mol. The molecule has 0 spiro atoms.